The lowest BCUT2D eigenvalue weighted by Gasteiger charge is -2.26. The molecule has 0 aromatic heterocycles. The van der Waals surface area contributed by atoms with Crippen LogP contribution in [0.4, 0.5) is 0 Å². The second kappa shape index (κ2) is 5.73. The predicted molar refractivity (Wildman–Crippen MR) is 59.1 cm³/mol. The normalized spacial score (nSPS) is 15.8. The summed E-state index contributed by atoms with van der Waals surface area (Å²) in [6, 6.07) is 0. The SMILES string of the molecule is CCNCN[SiH2]C(C)C(C)(C)C. The first-order chi connectivity index (χ1) is 5.48. The minimum Gasteiger partial charge on any atom is -0.330 e. The van der Waals surface area contributed by atoms with Gasteiger partial charge in [-0.05, 0) is 17.5 Å². The van der Waals surface area contributed by atoms with Crippen molar-refractivity contribution in [2.75, 3.05) is 13.2 Å². The van der Waals surface area contributed by atoms with Crippen LogP contribution in [-0.2, 0) is 0 Å². The quantitative estimate of drug-likeness (QED) is 0.383. The highest BCUT2D eigenvalue weighted by molar-refractivity contribution is 6.34. The van der Waals surface area contributed by atoms with Gasteiger partial charge in [-0.1, -0.05) is 34.6 Å². The molecule has 0 aliphatic carbocycles. The molecule has 3 heteroatoms. The van der Waals surface area contributed by atoms with Gasteiger partial charge in [0.15, 0.2) is 0 Å². The molecular weight excluding hydrogens is 164 g/mol. The summed E-state index contributed by atoms with van der Waals surface area (Å²) in [5, 5.41) is 3.28. The van der Waals surface area contributed by atoms with E-state index < -0.39 is 0 Å². The van der Waals surface area contributed by atoms with Crippen LogP contribution in [0, 0.1) is 5.41 Å². The van der Waals surface area contributed by atoms with E-state index in [1.54, 1.807) is 0 Å². The Balaban J connectivity index is 3.38. The molecule has 0 aliphatic rings. The van der Waals surface area contributed by atoms with Crippen molar-refractivity contribution in [3.8, 4) is 0 Å². The second-order valence-electron chi connectivity index (χ2n) is 4.50. The van der Waals surface area contributed by atoms with Gasteiger partial charge in [0.1, 0.15) is 0 Å². The van der Waals surface area contributed by atoms with Crippen LogP contribution < -0.4 is 10.3 Å². The van der Waals surface area contributed by atoms with Gasteiger partial charge >= 0.3 is 0 Å². The lowest BCUT2D eigenvalue weighted by Crippen LogP contribution is -2.35. The molecule has 2 nitrogen and oxygen atoms in total. The molecule has 0 spiro atoms. The van der Waals surface area contributed by atoms with E-state index in [0.717, 1.165) is 18.8 Å². The molecule has 0 bridgehead atoms. The third-order valence-corrected chi connectivity index (χ3v) is 4.80. The Kier molecular flexibility index (Phi) is 5.79. The van der Waals surface area contributed by atoms with Crippen molar-refractivity contribution in [3.63, 3.8) is 0 Å². The van der Waals surface area contributed by atoms with E-state index in [9.17, 15) is 0 Å². The van der Waals surface area contributed by atoms with Gasteiger partial charge in [0, 0.05) is 6.67 Å². The van der Waals surface area contributed by atoms with Gasteiger partial charge in [0.25, 0.3) is 0 Å². The van der Waals surface area contributed by atoms with Crippen molar-refractivity contribution in [2.24, 2.45) is 5.41 Å². The summed E-state index contributed by atoms with van der Waals surface area (Å²) in [5.74, 6) is 0. The van der Waals surface area contributed by atoms with Crippen molar-refractivity contribution in [1.82, 2.24) is 10.3 Å². The van der Waals surface area contributed by atoms with E-state index in [1.165, 1.54) is 0 Å². The van der Waals surface area contributed by atoms with Gasteiger partial charge in [-0.3, -0.25) is 0 Å². The predicted octanol–water partition coefficient (Wildman–Crippen LogP) is 1.08. The Bertz CT molecular complexity index is 110. The fraction of sp³-hybridized carbons (Fsp3) is 1.00. The van der Waals surface area contributed by atoms with Crippen LogP contribution in [0.5, 0.6) is 0 Å². The van der Waals surface area contributed by atoms with Crippen molar-refractivity contribution in [3.05, 3.63) is 0 Å². The fourth-order valence-electron chi connectivity index (χ4n) is 0.808. The van der Waals surface area contributed by atoms with Crippen LogP contribution >= 0.6 is 0 Å². The average molecular weight is 188 g/mol. The summed E-state index contributed by atoms with van der Waals surface area (Å²) in [6.45, 7) is 13.5. The smallest absolute Gasteiger partial charge is 0.0963 e. The highest BCUT2D eigenvalue weighted by atomic mass is 28.2. The van der Waals surface area contributed by atoms with Crippen molar-refractivity contribution in [1.29, 1.82) is 0 Å². The van der Waals surface area contributed by atoms with E-state index >= 15 is 0 Å². The summed E-state index contributed by atoms with van der Waals surface area (Å²) in [4.78, 5) is 3.52. The number of hydrogen-bond donors (Lipinski definition) is 2. The first kappa shape index (κ1) is 12.1. The summed E-state index contributed by atoms with van der Waals surface area (Å²) < 4.78 is 0. The molecule has 0 saturated heterocycles. The van der Waals surface area contributed by atoms with E-state index in [-0.39, 0.29) is 9.68 Å². The number of hydrogen-bond acceptors (Lipinski definition) is 2. The average Bonchev–Trinajstić information content (AvgIpc) is 1.96. The van der Waals surface area contributed by atoms with Crippen molar-refractivity contribution >= 4 is 9.68 Å². The zero-order valence-electron chi connectivity index (χ0n) is 9.20. The Morgan fingerprint density at radius 1 is 1.33 bits per heavy atom. The molecule has 1 atom stereocenters. The van der Waals surface area contributed by atoms with Gasteiger partial charge in [-0.25, -0.2) is 0 Å². The molecule has 2 N–H and O–H groups in total. The monoisotopic (exact) mass is 188 g/mol. The Morgan fingerprint density at radius 2 is 1.92 bits per heavy atom. The van der Waals surface area contributed by atoms with Crippen molar-refractivity contribution < 1.29 is 0 Å². The van der Waals surface area contributed by atoms with Gasteiger partial charge < -0.3 is 10.3 Å². The Hall–Kier alpha value is 0.137. The molecule has 74 valence electrons. The maximum atomic E-state index is 3.52. The van der Waals surface area contributed by atoms with E-state index in [1.807, 2.05) is 0 Å². The molecule has 1 unspecified atom stereocenters. The zero-order chi connectivity index (χ0) is 9.61. The lowest BCUT2D eigenvalue weighted by molar-refractivity contribution is 0.392. The highest BCUT2D eigenvalue weighted by Crippen LogP contribution is 2.28. The van der Waals surface area contributed by atoms with E-state index in [2.05, 4.69) is 44.9 Å². The summed E-state index contributed by atoms with van der Waals surface area (Å²) in [6.07, 6.45) is 0. The molecule has 12 heavy (non-hydrogen) atoms. The molecular formula is C9H24N2Si. The van der Waals surface area contributed by atoms with Crippen LogP contribution in [0.3, 0.4) is 0 Å². The summed E-state index contributed by atoms with van der Waals surface area (Å²) in [7, 11) is -0.101. The van der Waals surface area contributed by atoms with Crippen LogP contribution in [-0.4, -0.2) is 22.9 Å². The molecule has 0 aromatic rings. The first-order valence-electron chi connectivity index (χ1n) is 4.90. The molecule has 0 aliphatic heterocycles. The minimum absolute atomic E-state index is 0.101. The lowest BCUT2D eigenvalue weighted by atomic mass is 9.93. The zero-order valence-corrected chi connectivity index (χ0v) is 10.6. The molecule has 0 fully saturated rings. The third kappa shape index (κ3) is 5.74. The maximum absolute atomic E-state index is 3.52. The molecule has 0 aromatic carbocycles. The minimum atomic E-state index is -0.101. The first-order valence-corrected chi connectivity index (χ1v) is 6.42. The largest absolute Gasteiger partial charge is 0.330 e. The number of nitrogens with one attached hydrogen (secondary N) is 2. The topological polar surface area (TPSA) is 24.1 Å². The van der Waals surface area contributed by atoms with Crippen molar-refractivity contribution in [2.45, 2.75) is 40.2 Å². The molecule has 0 radical (unpaired) electrons. The van der Waals surface area contributed by atoms with Crippen LogP contribution in [0.2, 0.25) is 5.54 Å². The summed E-state index contributed by atoms with van der Waals surface area (Å²) >= 11 is 0. The standard InChI is InChI=1S/C9H24N2Si/c1-6-10-7-11-12-8(2)9(3,4)5/h8,10-11H,6-7,12H2,1-5H3. The maximum Gasteiger partial charge on any atom is 0.0963 e. The van der Waals surface area contributed by atoms with Gasteiger partial charge in [-0.2, -0.15) is 0 Å². The Labute approximate surface area is 79.4 Å². The molecule has 0 heterocycles. The van der Waals surface area contributed by atoms with Gasteiger partial charge in [0.2, 0.25) is 0 Å². The molecule has 0 saturated carbocycles. The van der Waals surface area contributed by atoms with Gasteiger partial charge in [-0.15, -0.1) is 0 Å². The van der Waals surface area contributed by atoms with E-state index in [4.69, 9.17) is 0 Å². The highest BCUT2D eigenvalue weighted by Gasteiger charge is 2.19. The van der Waals surface area contributed by atoms with Gasteiger partial charge in [0.05, 0.1) is 9.68 Å². The molecule has 0 amide bonds. The van der Waals surface area contributed by atoms with Crippen LogP contribution in [0.25, 0.3) is 0 Å². The fourth-order valence-corrected chi connectivity index (χ4v) is 2.17. The summed E-state index contributed by atoms with van der Waals surface area (Å²) in [5.41, 5.74) is 1.34. The van der Waals surface area contributed by atoms with E-state index in [0.29, 0.717) is 5.41 Å². The van der Waals surface area contributed by atoms with Crippen LogP contribution in [0.15, 0.2) is 0 Å². The van der Waals surface area contributed by atoms with Crippen LogP contribution in [0.1, 0.15) is 34.6 Å². The number of rotatable bonds is 5. The second-order valence-corrected chi connectivity index (χ2v) is 6.63. The molecule has 0 rings (SSSR count). The third-order valence-electron chi connectivity index (χ3n) is 2.43. The Morgan fingerprint density at radius 3 is 2.33 bits per heavy atom.